The summed E-state index contributed by atoms with van der Waals surface area (Å²) < 4.78 is 5.16. The van der Waals surface area contributed by atoms with Gasteiger partial charge in [0.15, 0.2) is 5.17 Å². The molecular formula is C25H20N2O4S. The third kappa shape index (κ3) is 4.58. The number of rotatable bonds is 5. The number of thioether (sulfide) groups is 1. The Kier molecular flexibility index (Phi) is 6.09. The lowest BCUT2D eigenvalue weighted by atomic mass is 10.0. The van der Waals surface area contributed by atoms with Crippen molar-refractivity contribution in [2.75, 3.05) is 14.2 Å². The Morgan fingerprint density at radius 3 is 2.41 bits per heavy atom. The van der Waals surface area contributed by atoms with Gasteiger partial charge in [-0.15, -0.1) is 0 Å². The number of aliphatic imine (C=N–C) groups is 1. The molecule has 160 valence electrons. The maximum Gasteiger partial charge on any atom is 0.335 e. The van der Waals surface area contributed by atoms with Crippen molar-refractivity contribution in [3.8, 4) is 16.9 Å². The van der Waals surface area contributed by atoms with Gasteiger partial charge in [-0.2, -0.15) is 0 Å². The molecule has 0 atom stereocenters. The highest BCUT2D eigenvalue weighted by atomic mass is 32.2. The van der Waals surface area contributed by atoms with Gasteiger partial charge >= 0.3 is 5.97 Å². The Labute approximate surface area is 189 Å². The molecule has 3 aromatic carbocycles. The van der Waals surface area contributed by atoms with Crippen molar-refractivity contribution in [3.05, 3.63) is 88.8 Å². The van der Waals surface area contributed by atoms with Gasteiger partial charge in [-0.05, 0) is 77.0 Å². The van der Waals surface area contributed by atoms with E-state index >= 15 is 0 Å². The minimum atomic E-state index is -0.968. The zero-order chi connectivity index (χ0) is 22.7. The number of carboxylic acids is 1. The average Bonchev–Trinajstić information content (AvgIpc) is 3.07. The summed E-state index contributed by atoms with van der Waals surface area (Å²) in [5.41, 5.74) is 3.48. The van der Waals surface area contributed by atoms with E-state index in [2.05, 4.69) is 4.99 Å². The second-order valence-corrected chi connectivity index (χ2v) is 8.09. The molecule has 0 spiro atoms. The van der Waals surface area contributed by atoms with Gasteiger partial charge in [0, 0.05) is 7.05 Å². The fourth-order valence-corrected chi connectivity index (χ4v) is 4.20. The van der Waals surface area contributed by atoms with E-state index in [0.29, 0.717) is 10.1 Å². The van der Waals surface area contributed by atoms with Crippen LogP contribution in [0.25, 0.3) is 17.2 Å². The van der Waals surface area contributed by atoms with Gasteiger partial charge in [0.05, 0.1) is 23.3 Å². The Bertz CT molecular complexity index is 1250. The molecular weight excluding hydrogens is 424 g/mol. The number of aromatic carboxylic acids is 1. The number of nitrogens with zero attached hydrogens (tertiary/aromatic N) is 2. The zero-order valence-electron chi connectivity index (χ0n) is 17.5. The van der Waals surface area contributed by atoms with Crippen LogP contribution in [-0.2, 0) is 4.79 Å². The lowest BCUT2D eigenvalue weighted by Gasteiger charge is -2.07. The first kappa shape index (κ1) is 21.4. The lowest BCUT2D eigenvalue weighted by Crippen LogP contribution is -2.23. The molecule has 3 aromatic rings. The summed E-state index contributed by atoms with van der Waals surface area (Å²) in [5.74, 6) is -0.350. The molecule has 1 saturated heterocycles. The zero-order valence-corrected chi connectivity index (χ0v) is 18.3. The number of carbonyl (C=O) groups excluding carboxylic acids is 1. The van der Waals surface area contributed by atoms with E-state index in [1.807, 2.05) is 60.7 Å². The van der Waals surface area contributed by atoms with Gasteiger partial charge in [-0.3, -0.25) is 9.69 Å². The quantitative estimate of drug-likeness (QED) is 0.541. The molecule has 1 amide bonds. The smallest absolute Gasteiger partial charge is 0.335 e. The molecule has 32 heavy (non-hydrogen) atoms. The highest BCUT2D eigenvalue weighted by molar-refractivity contribution is 8.18. The van der Waals surface area contributed by atoms with E-state index in [1.165, 1.54) is 16.7 Å². The molecule has 1 aliphatic rings. The summed E-state index contributed by atoms with van der Waals surface area (Å²) in [5, 5.41) is 9.83. The largest absolute Gasteiger partial charge is 0.497 e. The monoisotopic (exact) mass is 444 g/mol. The molecule has 0 saturated carbocycles. The van der Waals surface area contributed by atoms with Crippen molar-refractivity contribution < 1.29 is 19.4 Å². The molecule has 1 aliphatic heterocycles. The number of hydrogen-bond donors (Lipinski definition) is 1. The topological polar surface area (TPSA) is 79.2 Å². The molecule has 1 heterocycles. The maximum absolute atomic E-state index is 12.8. The predicted octanol–water partition coefficient (Wildman–Crippen LogP) is 5.29. The summed E-state index contributed by atoms with van der Waals surface area (Å²) >= 11 is 1.31. The maximum atomic E-state index is 12.8. The number of amidine groups is 1. The van der Waals surface area contributed by atoms with Crippen LogP contribution < -0.4 is 4.74 Å². The van der Waals surface area contributed by atoms with Crippen LogP contribution >= 0.6 is 11.8 Å². The fraction of sp³-hybridized carbons (Fsp3) is 0.0800. The molecule has 7 heteroatoms. The van der Waals surface area contributed by atoms with Crippen molar-refractivity contribution in [1.29, 1.82) is 0 Å². The molecule has 1 N–H and O–H groups in total. The van der Waals surface area contributed by atoms with E-state index in [9.17, 15) is 14.7 Å². The Morgan fingerprint density at radius 2 is 1.72 bits per heavy atom. The van der Waals surface area contributed by atoms with Crippen LogP contribution in [0.15, 0.2) is 82.7 Å². The summed E-state index contributed by atoms with van der Waals surface area (Å²) in [6.45, 7) is 0. The second kappa shape index (κ2) is 9.11. The summed E-state index contributed by atoms with van der Waals surface area (Å²) in [4.78, 5) is 30.7. The van der Waals surface area contributed by atoms with Gasteiger partial charge in [-0.25, -0.2) is 9.79 Å². The summed E-state index contributed by atoms with van der Waals surface area (Å²) in [6, 6.07) is 21.7. The molecule has 0 bridgehead atoms. The number of ether oxygens (including phenoxy) is 1. The molecule has 0 unspecified atom stereocenters. The van der Waals surface area contributed by atoms with Crippen LogP contribution in [0.3, 0.4) is 0 Å². The fourth-order valence-electron chi connectivity index (χ4n) is 3.21. The van der Waals surface area contributed by atoms with E-state index in [1.54, 1.807) is 32.4 Å². The number of carbonyl (C=O) groups is 2. The van der Waals surface area contributed by atoms with Crippen molar-refractivity contribution in [1.82, 2.24) is 4.90 Å². The number of likely N-dealkylation sites (N-methyl/N-ethyl adjacent to an activating group) is 1. The third-order valence-corrected chi connectivity index (χ3v) is 5.99. The van der Waals surface area contributed by atoms with Gasteiger partial charge in [0.1, 0.15) is 5.75 Å². The molecule has 6 nitrogen and oxygen atoms in total. The molecule has 0 aliphatic carbocycles. The number of benzene rings is 3. The van der Waals surface area contributed by atoms with Crippen LogP contribution in [0.1, 0.15) is 15.9 Å². The van der Waals surface area contributed by atoms with Crippen LogP contribution in [0, 0.1) is 0 Å². The second-order valence-electron chi connectivity index (χ2n) is 7.08. The van der Waals surface area contributed by atoms with Crippen LogP contribution in [0.2, 0.25) is 0 Å². The van der Waals surface area contributed by atoms with Crippen molar-refractivity contribution >= 4 is 40.6 Å². The number of hydrogen-bond acceptors (Lipinski definition) is 5. The average molecular weight is 445 g/mol. The first-order chi connectivity index (χ1) is 15.4. The minimum absolute atomic E-state index is 0.125. The standard InChI is InChI=1S/C25H20N2O4S/c1-27-23(28)22(32-25(27)26-20-9-11-21(31-2)12-10-20)14-16-5-3-6-17(13-16)18-7-4-8-19(15-18)24(29)30/h3-15H,1-2H3,(H,29,30)/b22-14-,26-25?. The van der Waals surface area contributed by atoms with Crippen molar-refractivity contribution in [2.45, 2.75) is 0 Å². The highest BCUT2D eigenvalue weighted by Gasteiger charge is 2.30. The number of carboxylic acid groups (broad SMARTS) is 1. The van der Waals surface area contributed by atoms with E-state index in [0.717, 1.165) is 28.1 Å². The summed E-state index contributed by atoms with van der Waals surface area (Å²) in [7, 11) is 3.31. The molecule has 0 radical (unpaired) electrons. The number of amides is 1. The van der Waals surface area contributed by atoms with Gasteiger partial charge in [0.25, 0.3) is 5.91 Å². The normalized spacial score (nSPS) is 16.1. The van der Waals surface area contributed by atoms with E-state index < -0.39 is 5.97 Å². The van der Waals surface area contributed by atoms with Crippen molar-refractivity contribution in [3.63, 3.8) is 0 Å². The van der Waals surface area contributed by atoms with Gasteiger partial charge in [-0.1, -0.05) is 30.3 Å². The van der Waals surface area contributed by atoms with E-state index in [4.69, 9.17) is 4.74 Å². The SMILES string of the molecule is COc1ccc(N=C2S/C(=C\c3cccc(-c4cccc(C(=O)O)c4)c3)C(=O)N2C)cc1. The van der Waals surface area contributed by atoms with Gasteiger partial charge in [0.2, 0.25) is 0 Å². The highest BCUT2D eigenvalue weighted by Crippen LogP contribution is 2.34. The van der Waals surface area contributed by atoms with Gasteiger partial charge < -0.3 is 9.84 Å². The van der Waals surface area contributed by atoms with E-state index in [-0.39, 0.29) is 11.5 Å². The number of methoxy groups -OCH3 is 1. The predicted molar refractivity (Wildman–Crippen MR) is 127 cm³/mol. The van der Waals surface area contributed by atoms with Crippen LogP contribution in [0.5, 0.6) is 5.75 Å². The molecule has 0 aromatic heterocycles. The summed E-state index contributed by atoms with van der Waals surface area (Å²) in [6.07, 6.45) is 1.82. The van der Waals surface area contributed by atoms with Crippen LogP contribution in [0.4, 0.5) is 5.69 Å². The first-order valence-electron chi connectivity index (χ1n) is 9.79. The van der Waals surface area contributed by atoms with Crippen LogP contribution in [-0.4, -0.2) is 41.2 Å². The third-order valence-electron chi connectivity index (χ3n) is 4.93. The minimum Gasteiger partial charge on any atom is -0.497 e. The molecule has 1 fully saturated rings. The Balaban J connectivity index is 1.60. The van der Waals surface area contributed by atoms with Crippen molar-refractivity contribution in [2.24, 2.45) is 4.99 Å². The Morgan fingerprint density at radius 1 is 1.03 bits per heavy atom. The first-order valence-corrected chi connectivity index (χ1v) is 10.6. The molecule has 4 rings (SSSR count). The Hall–Kier alpha value is -3.84. The lowest BCUT2D eigenvalue weighted by molar-refractivity contribution is -0.121.